The molecule has 2 N–H and O–H groups in total. The van der Waals surface area contributed by atoms with Crippen molar-refractivity contribution in [2.75, 3.05) is 31.1 Å². The fraction of sp³-hybridized carbons (Fsp3) is 0.320. The van der Waals surface area contributed by atoms with Crippen LogP contribution in [0.3, 0.4) is 0 Å². The second-order valence-corrected chi connectivity index (χ2v) is 8.56. The molecule has 0 aliphatic carbocycles. The first-order valence-electron chi connectivity index (χ1n) is 11.5. The molecule has 9 nitrogen and oxygen atoms in total. The molecule has 37 heavy (non-hydrogen) atoms. The Hall–Kier alpha value is -4.22. The lowest BCUT2D eigenvalue weighted by Crippen LogP contribution is -2.50. The zero-order valence-corrected chi connectivity index (χ0v) is 20.1. The second-order valence-electron chi connectivity index (χ2n) is 8.56. The van der Waals surface area contributed by atoms with Crippen molar-refractivity contribution in [3.05, 3.63) is 70.8 Å². The highest BCUT2D eigenvalue weighted by atomic mass is 19.4. The number of H-pyrrole nitrogens is 1. The molecule has 0 atom stereocenters. The summed E-state index contributed by atoms with van der Waals surface area (Å²) in [6.07, 6.45) is -3.74. The van der Waals surface area contributed by atoms with Crippen LogP contribution in [0.25, 0.3) is 0 Å². The highest BCUT2D eigenvalue weighted by molar-refractivity contribution is 6.43. The zero-order chi connectivity index (χ0) is 26.7. The van der Waals surface area contributed by atoms with Crippen LogP contribution in [0.1, 0.15) is 32.9 Å². The smallest absolute Gasteiger partial charge is 0.416 e. The Morgan fingerprint density at radius 2 is 1.81 bits per heavy atom. The number of carbonyl (C=O) groups excluding carboxylic acids is 3. The highest BCUT2D eigenvalue weighted by Gasteiger charge is 2.33. The Balaban J connectivity index is 1.37. The van der Waals surface area contributed by atoms with E-state index in [1.165, 1.54) is 17.2 Å². The summed E-state index contributed by atoms with van der Waals surface area (Å²) in [6.45, 7) is 4.15. The van der Waals surface area contributed by atoms with Crippen molar-refractivity contribution in [3.63, 3.8) is 0 Å². The van der Waals surface area contributed by atoms with Gasteiger partial charge in [-0.05, 0) is 44.2 Å². The fourth-order valence-corrected chi connectivity index (χ4v) is 4.16. The molecule has 0 unspecified atom stereocenters. The van der Waals surface area contributed by atoms with Crippen LogP contribution in [0, 0.1) is 13.8 Å². The maximum absolute atomic E-state index is 13.1. The SMILES string of the molecule is Cc1[nH]c(OC(=O)NCc2ccco2)c(C)c1C(=O)C(=O)N1CCN(c2cccc(C(F)(F)F)c2)CC1. The molecule has 12 heteroatoms. The molecule has 4 rings (SSSR count). The average Bonchev–Trinajstić information content (AvgIpc) is 3.49. The van der Waals surface area contributed by atoms with Gasteiger partial charge in [-0.15, -0.1) is 0 Å². The summed E-state index contributed by atoms with van der Waals surface area (Å²) >= 11 is 0. The van der Waals surface area contributed by atoms with E-state index in [4.69, 9.17) is 9.15 Å². The van der Waals surface area contributed by atoms with Gasteiger partial charge in [0.2, 0.25) is 5.88 Å². The van der Waals surface area contributed by atoms with Crippen molar-refractivity contribution >= 4 is 23.5 Å². The van der Waals surface area contributed by atoms with E-state index in [1.807, 2.05) is 0 Å². The molecule has 3 aromatic rings. The van der Waals surface area contributed by atoms with Gasteiger partial charge in [-0.1, -0.05) is 6.07 Å². The number of Topliss-reactive ketones (excluding diaryl/α,β-unsaturated/α-hetero) is 1. The number of halogens is 3. The van der Waals surface area contributed by atoms with Crippen molar-refractivity contribution in [3.8, 4) is 5.88 Å². The number of aromatic amines is 1. The number of furan rings is 1. The lowest BCUT2D eigenvalue weighted by Gasteiger charge is -2.36. The number of piperazine rings is 1. The monoisotopic (exact) mass is 518 g/mol. The van der Waals surface area contributed by atoms with E-state index in [1.54, 1.807) is 36.9 Å². The molecule has 196 valence electrons. The first kappa shape index (κ1) is 25.9. The van der Waals surface area contributed by atoms with Gasteiger partial charge in [0.05, 0.1) is 23.9 Å². The molecule has 1 fully saturated rings. The van der Waals surface area contributed by atoms with E-state index in [0.717, 1.165) is 12.1 Å². The van der Waals surface area contributed by atoms with Crippen LogP contribution >= 0.6 is 0 Å². The third-order valence-corrected chi connectivity index (χ3v) is 6.10. The number of anilines is 1. The number of ketones is 1. The molecule has 3 heterocycles. The third-order valence-electron chi connectivity index (χ3n) is 6.10. The summed E-state index contributed by atoms with van der Waals surface area (Å²) < 4.78 is 49.5. The Kier molecular flexibility index (Phi) is 7.28. The molecule has 0 spiro atoms. The molecule has 1 aliphatic heterocycles. The van der Waals surface area contributed by atoms with Gasteiger partial charge in [-0.25, -0.2) is 4.79 Å². The number of amides is 2. The summed E-state index contributed by atoms with van der Waals surface area (Å²) in [5.41, 5.74) is 0.445. The van der Waals surface area contributed by atoms with Crippen LogP contribution in [0.2, 0.25) is 0 Å². The quantitative estimate of drug-likeness (QED) is 0.377. The van der Waals surface area contributed by atoms with Gasteiger partial charge in [0.15, 0.2) is 0 Å². The normalized spacial score (nSPS) is 14.0. The van der Waals surface area contributed by atoms with Crippen LogP contribution in [-0.2, 0) is 17.5 Å². The summed E-state index contributed by atoms with van der Waals surface area (Å²) in [7, 11) is 0. The summed E-state index contributed by atoms with van der Waals surface area (Å²) in [5, 5.41) is 2.52. The minimum atomic E-state index is -4.45. The van der Waals surface area contributed by atoms with E-state index in [-0.39, 0.29) is 44.2 Å². The molecule has 1 aliphatic rings. The fourth-order valence-electron chi connectivity index (χ4n) is 4.16. The van der Waals surface area contributed by atoms with Crippen LogP contribution < -0.4 is 15.0 Å². The van der Waals surface area contributed by atoms with Crippen LogP contribution in [-0.4, -0.2) is 53.8 Å². The number of hydrogen-bond acceptors (Lipinski definition) is 6. The van der Waals surface area contributed by atoms with E-state index in [2.05, 4.69) is 10.3 Å². The van der Waals surface area contributed by atoms with E-state index in [0.29, 0.717) is 22.7 Å². The molecule has 0 bridgehead atoms. The molecule has 1 saturated heterocycles. The van der Waals surface area contributed by atoms with Crippen LogP contribution in [0.5, 0.6) is 5.88 Å². The van der Waals surface area contributed by atoms with Crippen LogP contribution in [0.15, 0.2) is 47.1 Å². The number of ether oxygens (including phenoxy) is 1. The number of nitrogens with zero attached hydrogens (tertiary/aromatic N) is 2. The highest BCUT2D eigenvalue weighted by Crippen LogP contribution is 2.32. The van der Waals surface area contributed by atoms with E-state index in [9.17, 15) is 27.6 Å². The Labute approximate surface area is 210 Å². The molecule has 2 aromatic heterocycles. The predicted octanol–water partition coefficient (Wildman–Crippen LogP) is 4.06. The first-order chi connectivity index (χ1) is 17.5. The number of carbonyl (C=O) groups is 3. The number of nitrogens with one attached hydrogen (secondary N) is 2. The van der Waals surface area contributed by atoms with Crippen molar-refractivity contribution in [2.24, 2.45) is 0 Å². The molecular formula is C25H25F3N4O5. The lowest BCUT2D eigenvalue weighted by atomic mass is 10.1. The largest absolute Gasteiger partial charge is 0.467 e. The van der Waals surface area contributed by atoms with Crippen molar-refractivity contribution < 1.29 is 36.7 Å². The average molecular weight is 518 g/mol. The first-order valence-corrected chi connectivity index (χ1v) is 11.5. The van der Waals surface area contributed by atoms with Crippen molar-refractivity contribution in [1.29, 1.82) is 0 Å². The van der Waals surface area contributed by atoms with Gasteiger partial charge >= 0.3 is 12.3 Å². The van der Waals surface area contributed by atoms with Crippen molar-refractivity contribution in [1.82, 2.24) is 15.2 Å². The number of aryl methyl sites for hydroxylation is 1. The van der Waals surface area contributed by atoms with Crippen LogP contribution in [0.4, 0.5) is 23.7 Å². The molecule has 1 aromatic carbocycles. The number of benzene rings is 1. The van der Waals surface area contributed by atoms with Gasteiger partial charge in [-0.3, -0.25) is 9.59 Å². The standard InChI is InChI=1S/C25H25F3N4O5/c1-15-20(16(2)30-22(15)37-24(35)29-14-19-7-4-12-36-19)21(33)23(34)32-10-8-31(9-11-32)18-6-3-5-17(13-18)25(26,27)28/h3-7,12-13,30H,8-11,14H2,1-2H3,(H,29,35). The summed E-state index contributed by atoms with van der Waals surface area (Å²) in [4.78, 5) is 44.1. The van der Waals surface area contributed by atoms with Gasteiger partial charge in [0, 0.05) is 43.1 Å². The topological polar surface area (TPSA) is 108 Å². The lowest BCUT2D eigenvalue weighted by molar-refractivity contribution is -0.137. The summed E-state index contributed by atoms with van der Waals surface area (Å²) in [6, 6.07) is 8.36. The van der Waals surface area contributed by atoms with Gasteiger partial charge in [0.25, 0.3) is 11.7 Å². The number of alkyl halides is 3. The summed E-state index contributed by atoms with van der Waals surface area (Å²) in [5.74, 6) is -0.918. The predicted molar refractivity (Wildman–Crippen MR) is 126 cm³/mol. The Bertz CT molecular complexity index is 1290. The van der Waals surface area contributed by atoms with E-state index < -0.39 is 29.5 Å². The maximum atomic E-state index is 13.1. The minimum Gasteiger partial charge on any atom is -0.467 e. The number of rotatable bonds is 6. The molecule has 0 saturated carbocycles. The maximum Gasteiger partial charge on any atom is 0.416 e. The van der Waals surface area contributed by atoms with E-state index >= 15 is 0 Å². The Morgan fingerprint density at radius 3 is 2.46 bits per heavy atom. The second kappa shape index (κ2) is 10.4. The van der Waals surface area contributed by atoms with Gasteiger partial charge < -0.3 is 29.3 Å². The van der Waals surface area contributed by atoms with Gasteiger partial charge in [-0.2, -0.15) is 13.2 Å². The minimum absolute atomic E-state index is 0.0416. The number of aromatic nitrogens is 1. The van der Waals surface area contributed by atoms with Gasteiger partial charge in [0.1, 0.15) is 5.76 Å². The Morgan fingerprint density at radius 1 is 1.08 bits per heavy atom. The van der Waals surface area contributed by atoms with Crippen molar-refractivity contribution in [2.45, 2.75) is 26.6 Å². The molecular weight excluding hydrogens is 493 g/mol. The molecule has 0 radical (unpaired) electrons. The number of hydrogen-bond donors (Lipinski definition) is 2. The molecule has 2 amide bonds. The zero-order valence-electron chi connectivity index (χ0n) is 20.1. The third kappa shape index (κ3) is 5.79.